The van der Waals surface area contributed by atoms with E-state index in [4.69, 9.17) is 0 Å². The van der Waals surface area contributed by atoms with E-state index in [1.54, 1.807) is 0 Å². The van der Waals surface area contributed by atoms with Crippen LogP contribution in [0.15, 0.2) is 11.4 Å². The topological polar surface area (TPSA) is 12.0 Å². The largest absolute Gasteiger partial charge is 0.309 e. The van der Waals surface area contributed by atoms with Gasteiger partial charge in [-0.3, -0.25) is 0 Å². The first-order valence-corrected chi connectivity index (χ1v) is 5.94. The fourth-order valence-electron chi connectivity index (χ4n) is 1.48. The summed E-state index contributed by atoms with van der Waals surface area (Å²) in [6, 6.07) is 2.77. The summed E-state index contributed by atoms with van der Waals surface area (Å²) in [5, 5.41) is 5.75. The molecular weight excluding hydrogens is 178 g/mol. The van der Waals surface area contributed by atoms with Crippen LogP contribution in [0.2, 0.25) is 0 Å². The van der Waals surface area contributed by atoms with Gasteiger partial charge in [0, 0.05) is 10.9 Å². The Morgan fingerprint density at radius 3 is 2.69 bits per heavy atom. The Bertz CT molecular complexity index is 242. The van der Waals surface area contributed by atoms with Crippen LogP contribution in [0.1, 0.15) is 43.2 Å². The Labute approximate surface area is 85.2 Å². The molecule has 2 heteroatoms. The zero-order valence-corrected chi connectivity index (χ0v) is 9.58. The van der Waals surface area contributed by atoms with Crippen LogP contribution in [0.4, 0.5) is 0 Å². The second kappa shape index (κ2) is 5.40. The summed E-state index contributed by atoms with van der Waals surface area (Å²) >= 11 is 1.87. The second-order valence-corrected chi connectivity index (χ2v) is 4.33. The molecule has 0 aromatic carbocycles. The molecule has 0 aliphatic heterocycles. The summed E-state index contributed by atoms with van der Waals surface area (Å²) in [4.78, 5) is 1.51. The first-order chi connectivity index (χ1) is 6.29. The minimum atomic E-state index is 0.569. The number of aryl methyl sites for hydroxylation is 1. The van der Waals surface area contributed by atoms with E-state index in [2.05, 4.69) is 37.5 Å². The van der Waals surface area contributed by atoms with Crippen molar-refractivity contribution in [2.24, 2.45) is 0 Å². The second-order valence-electron chi connectivity index (χ2n) is 3.38. The van der Waals surface area contributed by atoms with Crippen molar-refractivity contribution in [2.45, 2.75) is 39.7 Å². The van der Waals surface area contributed by atoms with Gasteiger partial charge in [0.25, 0.3) is 0 Å². The Hall–Kier alpha value is -0.340. The average molecular weight is 197 g/mol. The van der Waals surface area contributed by atoms with Crippen molar-refractivity contribution in [2.75, 3.05) is 6.54 Å². The highest BCUT2D eigenvalue weighted by molar-refractivity contribution is 7.10. The van der Waals surface area contributed by atoms with Crippen LogP contribution < -0.4 is 5.32 Å². The summed E-state index contributed by atoms with van der Waals surface area (Å²) < 4.78 is 0. The average Bonchev–Trinajstić information content (AvgIpc) is 2.54. The summed E-state index contributed by atoms with van der Waals surface area (Å²) in [6.45, 7) is 7.77. The standard InChI is InChI=1S/C11H19NS/c1-4-7-12-10(5-2)11-9(3)6-8-13-11/h6,8,10,12H,4-5,7H2,1-3H3. The minimum absolute atomic E-state index is 0.569. The van der Waals surface area contributed by atoms with E-state index in [0.717, 1.165) is 6.54 Å². The van der Waals surface area contributed by atoms with Crippen LogP contribution in [-0.4, -0.2) is 6.54 Å². The predicted octanol–water partition coefficient (Wildman–Crippen LogP) is 3.51. The van der Waals surface area contributed by atoms with E-state index in [-0.39, 0.29) is 0 Å². The minimum Gasteiger partial charge on any atom is -0.309 e. The fraction of sp³-hybridized carbons (Fsp3) is 0.636. The molecule has 1 nitrogen and oxygen atoms in total. The van der Waals surface area contributed by atoms with Crippen LogP contribution in [0, 0.1) is 6.92 Å². The molecule has 74 valence electrons. The van der Waals surface area contributed by atoms with Crippen molar-refractivity contribution in [1.82, 2.24) is 5.32 Å². The number of hydrogen-bond acceptors (Lipinski definition) is 2. The molecule has 0 saturated carbocycles. The summed E-state index contributed by atoms with van der Waals surface area (Å²) in [5.41, 5.74) is 1.43. The maximum atomic E-state index is 3.57. The maximum absolute atomic E-state index is 3.57. The lowest BCUT2D eigenvalue weighted by molar-refractivity contribution is 0.524. The molecule has 1 atom stereocenters. The zero-order valence-electron chi connectivity index (χ0n) is 8.76. The molecule has 1 unspecified atom stereocenters. The monoisotopic (exact) mass is 197 g/mol. The van der Waals surface area contributed by atoms with Gasteiger partial charge in [-0.05, 0) is 43.3 Å². The molecule has 0 amide bonds. The van der Waals surface area contributed by atoms with Crippen molar-refractivity contribution in [3.05, 3.63) is 21.9 Å². The van der Waals surface area contributed by atoms with Gasteiger partial charge < -0.3 is 5.32 Å². The van der Waals surface area contributed by atoms with Gasteiger partial charge in [0.2, 0.25) is 0 Å². The quantitative estimate of drug-likeness (QED) is 0.761. The summed E-state index contributed by atoms with van der Waals surface area (Å²) in [6.07, 6.45) is 2.39. The highest BCUT2D eigenvalue weighted by Gasteiger charge is 2.11. The van der Waals surface area contributed by atoms with Crippen molar-refractivity contribution >= 4 is 11.3 Å². The van der Waals surface area contributed by atoms with E-state index in [1.807, 2.05) is 11.3 Å². The van der Waals surface area contributed by atoms with Gasteiger partial charge in [0.1, 0.15) is 0 Å². The van der Waals surface area contributed by atoms with Crippen LogP contribution in [-0.2, 0) is 0 Å². The predicted molar refractivity (Wildman–Crippen MR) is 60.4 cm³/mol. The van der Waals surface area contributed by atoms with Crippen molar-refractivity contribution in [3.8, 4) is 0 Å². The van der Waals surface area contributed by atoms with Gasteiger partial charge in [-0.15, -0.1) is 11.3 Å². The first kappa shape index (κ1) is 10.7. The van der Waals surface area contributed by atoms with Gasteiger partial charge in [-0.25, -0.2) is 0 Å². The van der Waals surface area contributed by atoms with Gasteiger partial charge in [-0.1, -0.05) is 13.8 Å². The lowest BCUT2D eigenvalue weighted by atomic mass is 10.1. The summed E-state index contributed by atoms with van der Waals surface area (Å²) in [7, 11) is 0. The maximum Gasteiger partial charge on any atom is 0.0414 e. The SMILES string of the molecule is CCCNC(CC)c1sccc1C. The highest BCUT2D eigenvalue weighted by atomic mass is 32.1. The Morgan fingerprint density at radius 2 is 2.23 bits per heavy atom. The molecule has 0 saturated heterocycles. The van der Waals surface area contributed by atoms with E-state index in [9.17, 15) is 0 Å². The lowest BCUT2D eigenvalue weighted by Gasteiger charge is -2.15. The van der Waals surface area contributed by atoms with Crippen LogP contribution in [0.25, 0.3) is 0 Å². The zero-order chi connectivity index (χ0) is 9.68. The van der Waals surface area contributed by atoms with Gasteiger partial charge in [0.05, 0.1) is 0 Å². The molecule has 0 aliphatic carbocycles. The highest BCUT2D eigenvalue weighted by Crippen LogP contribution is 2.25. The fourth-order valence-corrected chi connectivity index (χ4v) is 2.57. The molecular formula is C11H19NS. The van der Waals surface area contributed by atoms with Gasteiger partial charge in [-0.2, -0.15) is 0 Å². The molecule has 0 radical (unpaired) electrons. The van der Waals surface area contributed by atoms with Crippen LogP contribution >= 0.6 is 11.3 Å². The van der Waals surface area contributed by atoms with E-state index < -0.39 is 0 Å². The molecule has 1 rings (SSSR count). The molecule has 0 bridgehead atoms. The molecule has 0 aliphatic rings. The molecule has 1 N–H and O–H groups in total. The van der Waals surface area contributed by atoms with Crippen molar-refractivity contribution in [1.29, 1.82) is 0 Å². The molecule has 0 fully saturated rings. The Balaban J connectivity index is 2.61. The first-order valence-electron chi connectivity index (χ1n) is 5.07. The number of thiophene rings is 1. The van der Waals surface area contributed by atoms with E-state index >= 15 is 0 Å². The Kier molecular flexibility index (Phi) is 4.46. The lowest BCUT2D eigenvalue weighted by Crippen LogP contribution is -2.21. The Morgan fingerprint density at radius 1 is 1.46 bits per heavy atom. The van der Waals surface area contributed by atoms with Crippen LogP contribution in [0.5, 0.6) is 0 Å². The van der Waals surface area contributed by atoms with E-state index in [0.29, 0.717) is 6.04 Å². The molecule has 1 heterocycles. The number of nitrogens with one attached hydrogen (secondary N) is 1. The molecule has 13 heavy (non-hydrogen) atoms. The van der Waals surface area contributed by atoms with Crippen molar-refractivity contribution < 1.29 is 0 Å². The van der Waals surface area contributed by atoms with Crippen molar-refractivity contribution in [3.63, 3.8) is 0 Å². The number of rotatable bonds is 5. The molecule has 1 aromatic heterocycles. The van der Waals surface area contributed by atoms with E-state index in [1.165, 1.54) is 23.3 Å². The third kappa shape index (κ3) is 2.82. The third-order valence-electron chi connectivity index (χ3n) is 2.27. The number of hydrogen-bond donors (Lipinski definition) is 1. The normalized spacial score (nSPS) is 13.2. The summed E-state index contributed by atoms with van der Waals surface area (Å²) in [5.74, 6) is 0. The van der Waals surface area contributed by atoms with Gasteiger partial charge in [0.15, 0.2) is 0 Å². The smallest absolute Gasteiger partial charge is 0.0414 e. The van der Waals surface area contributed by atoms with Crippen LogP contribution in [0.3, 0.4) is 0 Å². The molecule has 0 spiro atoms. The molecule has 1 aromatic rings. The van der Waals surface area contributed by atoms with Gasteiger partial charge >= 0.3 is 0 Å². The third-order valence-corrected chi connectivity index (χ3v) is 3.40.